The topological polar surface area (TPSA) is 38.1 Å². The van der Waals surface area contributed by atoms with Crippen molar-refractivity contribution in [3.8, 4) is 0 Å². The summed E-state index contributed by atoms with van der Waals surface area (Å²) < 4.78 is 2.19. The lowest BCUT2D eigenvalue weighted by Crippen LogP contribution is -2.30. The molecule has 0 radical (unpaired) electrons. The molecule has 1 aliphatic carbocycles. The average Bonchev–Trinajstić information content (AvgIpc) is 3.27. The van der Waals surface area contributed by atoms with Gasteiger partial charge in [0.25, 0.3) is 0 Å². The van der Waals surface area contributed by atoms with Crippen molar-refractivity contribution in [3.05, 3.63) is 23.2 Å². The number of thioether (sulfide) groups is 1. The number of carbonyl (C=O) groups excluding carboxylic acids is 1. The summed E-state index contributed by atoms with van der Waals surface area (Å²) in [5, 5.41) is 1.59. The number of rotatable bonds is 7. The minimum atomic E-state index is 0.176. The molecule has 1 aromatic carbocycles. The highest BCUT2D eigenvalue weighted by molar-refractivity contribution is 7.99. The van der Waals surface area contributed by atoms with Crippen LogP contribution in [0.15, 0.2) is 23.4 Å². The zero-order valence-electron chi connectivity index (χ0n) is 13.6. The quantitative estimate of drug-likeness (QED) is 0.706. The van der Waals surface area contributed by atoms with Gasteiger partial charge >= 0.3 is 0 Å². The van der Waals surface area contributed by atoms with E-state index in [1.54, 1.807) is 0 Å². The van der Waals surface area contributed by atoms with Crippen molar-refractivity contribution in [2.24, 2.45) is 5.92 Å². The third-order valence-electron chi connectivity index (χ3n) is 4.10. The molecule has 0 N–H and O–H groups in total. The minimum Gasteiger partial charge on any atom is -0.345 e. The summed E-state index contributed by atoms with van der Waals surface area (Å²) in [5.41, 5.74) is 1.98. The first-order chi connectivity index (χ1) is 11.1. The van der Waals surface area contributed by atoms with Crippen LogP contribution in [-0.4, -0.2) is 39.7 Å². The van der Waals surface area contributed by atoms with Crippen LogP contribution in [0.3, 0.4) is 0 Å². The fourth-order valence-corrected chi connectivity index (χ4v) is 3.80. The Morgan fingerprint density at radius 2 is 2.26 bits per heavy atom. The van der Waals surface area contributed by atoms with Gasteiger partial charge in [-0.2, -0.15) is 0 Å². The van der Waals surface area contributed by atoms with Gasteiger partial charge in [-0.25, -0.2) is 4.98 Å². The van der Waals surface area contributed by atoms with Crippen LogP contribution in [0.25, 0.3) is 11.0 Å². The van der Waals surface area contributed by atoms with E-state index >= 15 is 0 Å². The van der Waals surface area contributed by atoms with Gasteiger partial charge in [0.1, 0.15) is 0 Å². The normalized spacial score (nSPS) is 14.4. The Kier molecular flexibility index (Phi) is 5.17. The summed E-state index contributed by atoms with van der Waals surface area (Å²) in [7, 11) is 1.90. The lowest BCUT2D eigenvalue weighted by atomic mass is 10.3. The maximum absolute atomic E-state index is 12.3. The number of hydrogen-bond acceptors (Lipinski definition) is 3. The summed E-state index contributed by atoms with van der Waals surface area (Å²) in [5.74, 6) is 1.33. The van der Waals surface area contributed by atoms with E-state index in [1.807, 2.05) is 30.1 Å². The average molecular weight is 352 g/mol. The highest BCUT2D eigenvalue weighted by Crippen LogP contribution is 2.30. The molecule has 2 aromatic rings. The van der Waals surface area contributed by atoms with E-state index in [-0.39, 0.29) is 5.91 Å². The Labute approximate surface area is 146 Å². The second-order valence-electron chi connectivity index (χ2n) is 6.19. The fourth-order valence-electron chi connectivity index (χ4n) is 2.66. The Morgan fingerprint density at radius 3 is 2.96 bits per heavy atom. The van der Waals surface area contributed by atoms with Gasteiger partial charge in [0.15, 0.2) is 5.16 Å². The van der Waals surface area contributed by atoms with Crippen LogP contribution < -0.4 is 0 Å². The van der Waals surface area contributed by atoms with E-state index in [2.05, 4.69) is 16.5 Å². The van der Waals surface area contributed by atoms with Gasteiger partial charge in [0.2, 0.25) is 5.91 Å². The number of halogens is 1. The van der Waals surface area contributed by atoms with Crippen molar-refractivity contribution < 1.29 is 4.79 Å². The number of aromatic nitrogens is 2. The SMILES string of the molecule is CCCn1c(SCC(=O)N(C)CC2CC2)nc2cc(Cl)ccc21. The summed E-state index contributed by atoms with van der Waals surface area (Å²) in [6, 6.07) is 5.78. The van der Waals surface area contributed by atoms with Crippen molar-refractivity contribution in [1.82, 2.24) is 14.5 Å². The minimum absolute atomic E-state index is 0.176. The third kappa shape index (κ3) is 4.01. The predicted octanol–water partition coefficient (Wildman–Crippen LogP) is 4.06. The van der Waals surface area contributed by atoms with Crippen LogP contribution in [0, 0.1) is 5.92 Å². The molecule has 0 aliphatic heterocycles. The third-order valence-corrected chi connectivity index (χ3v) is 5.30. The van der Waals surface area contributed by atoms with Gasteiger partial charge in [0.05, 0.1) is 16.8 Å². The highest BCUT2D eigenvalue weighted by Gasteiger charge is 2.25. The molecule has 0 atom stereocenters. The lowest BCUT2D eigenvalue weighted by Gasteiger charge is -2.16. The summed E-state index contributed by atoms with van der Waals surface area (Å²) in [4.78, 5) is 18.8. The van der Waals surface area contributed by atoms with E-state index < -0.39 is 0 Å². The summed E-state index contributed by atoms with van der Waals surface area (Å²) >= 11 is 7.58. The molecular weight excluding hydrogens is 330 g/mol. The molecule has 0 bridgehead atoms. The zero-order valence-corrected chi connectivity index (χ0v) is 15.2. The number of nitrogens with zero attached hydrogens (tertiary/aromatic N) is 3. The maximum atomic E-state index is 12.3. The van der Waals surface area contributed by atoms with Crippen molar-refractivity contribution in [2.75, 3.05) is 19.3 Å². The molecule has 0 unspecified atom stereocenters. The van der Waals surface area contributed by atoms with Gasteiger partial charge in [0, 0.05) is 25.2 Å². The van der Waals surface area contributed by atoms with Crippen molar-refractivity contribution in [3.63, 3.8) is 0 Å². The Hall–Kier alpha value is -1.20. The number of fused-ring (bicyclic) bond motifs is 1. The monoisotopic (exact) mass is 351 g/mol. The van der Waals surface area contributed by atoms with Crippen LogP contribution in [0.4, 0.5) is 0 Å². The number of benzene rings is 1. The van der Waals surface area contributed by atoms with Gasteiger partial charge in [-0.05, 0) is 43.4 Å². The van der Waals surface area contributed by atoms with E-state index in [4.69, 9.17) is 11.6 Å². The first kappa shape index (κ1) is 16.7. The maximum Gasteiger partial charge on any atom is 0.232 e. The molecule has 6 heteroatoms. The van der Waals surface area contributed by atoms with Gasteiger partial charge < -0.3 is 9.47 Å². The first-order valence-corrected chi connectivity index (χ1v) is 9.47. The van der Waals surface area contributed by atoms with Crippen molar-refractivity contribution in [1.29, 1.82) is 0 Å². The molecule has 1 amide bonds. The van der Waals surface area contributed by atoms with Crippen molar-refractivity contribution >= 4 is 40.3 Å². The molecule has 1 heterocycles. The zero-order chi connectivity index (χ0) is 16.4. The molecule has 1 aliphatic rings. The molecule has 1 fully saturated rings. The number of hydrogen-bond donors (Lipinski definition) is 0. The Balaban J connectivity index is 1.73. The van der Waals surface area contributed by atoms with Crippen LogP contribution in [0.5, 0.6) is 0 Å². The molecule has 23 heavy (non-hydrogen) atoms. The Bertz CT molecular complexity index is 711. The van der Waals surface area contributed by atoms with E-state index in [0.717, 1.165) is 41.6 Å². The van der Waals surface area contributed by atoms with Gasteiger partial charge in [-0.15, -0.1) is 0 Å². The highest BCUT2D eigenvalue weighted by atomic mass is 35.5. The molecule has 1 aromatic heterocycles. The Morgan fingerprint density at radius 1 is 1.48 bits per heavy atom. The van der Waals surface area contributed by atoms with E-state index in [1.165, 1.54) is 24.6 Å². The predicted molar refractivity (Wildman–Crippen MR) is 96.1 cm³/mol. The molecule has 0 saturated heterocycles. The van der Waals surface area contributed by atoms with Gasteiger partial charge in [-0.3, -0.25) is 4.79 Å². The molecule has 0 spiro atoms. The van der Waals surface area contributed by atoms with Crippen LogP contribution in [0.1, 0.15) is 26.2 Å². The number of aryl methyl sites for hydroxylation is 1. The molecule has 3 rings (SSSR count). The van der Waals surface area contributed by atoms with Gasteiger partial charge in [-0.1, -0.05) is 30.3 Å². The molecule has 4 nitrogen and oxygen atoms in total. The fraction of sp³-hybridized carbons (Fsp3) is 0.529. The number of carbonyl (C=O) groups is 1. The molecular formula is C17H22ClN3OS. The lowest BCUT2D eigenvalue weighted by molar-refractivity contribution is -0.127. The second-order valence-corrected chi connectivity index (χ2v) is 7.56. The number of imidazole rings is 1. The van der Waals surface area contributed by atoms with Crippen LogP contribution >= 0.6 is 23.4 Å². The van der Waals surface area contributed by atoms with E-state index in [9.17, 15) is 4.79 Å². The van der Waals surface area contributed by atoms with E-state index in [0.29, 0.717) is 10.8 Å². The summed E-state index contributed by atoms with van der Waals surface area (Å²) in [6.45, 7) is 3.93. The molecule has 1 saturated carbocycles. The second kappa shape index (κ2) is 7.14. The number of amides is 1. The first-order valence-electron chi connectivity index (χ1n) is 8.11. The smallest absolute Gasteiger partial charge is 0.232 e. The standard InChI is InChI=1S/C17H22ClN3OS/c1-3-8-21-15-7-6-13(18)9-14(15)19-17(21)23-11-16(22)20(2)10-12-4-5-12/h6-7,9,12H,3-5,8,10-11H2,1-2H3. The van der Waals surface area contributed by atoms with Crippen LogP contribution in [-0.2, 0) is 11.3 Å². The summed E-state index contributed by atoms with van der Waals surface area (Å²) in [6.07, 6.45) is 3.55. The largest absolute Gasteiger partial charge is 0.345 e. The molecule has 124 valence electrons. The van der Waals surface area contributed by atoms with Crippen molar-refractivity contribution in [2.45, 2.75) is 37.9 Å². The van der Waals surface area contributed by atoms with Crippen LogP contribution in [0.2, 0.25) is 5.02 Å².